The van der Waals surface area contributed by atoms with Crippen LogP contribution in [-0.2, 0) is 16.2 Å². The third kappa shape index (κ3) is 7.29. The third-order valence-electron chi connectivity index (χ3n) is 26.2. The van der Waals surface area contributed by atoms with Gasteiger partial charge in [0.15, 0.2) is 0 Å². The molecule has 12 aromatic carbocycles. The van der Waals surface area contributed by atoms with E-state index in [1.165, 1.54) is 213 Å². The molecule has 0 radical (unpaired) electrons. The van der Waals surface area contributed by atoms with Crippen molar-refractivity contribution < 1.29 is 0 Å². The van der Waals surface area contributed by atoms with Gasteiger partial charge in [-0.2, -0.15) is 0 Å². The number of fused-ring (bicyclic) bond motifs is 10. The Morgan fingerprint density at radius 1 is 0.261 bits per heavy atom. The van der Waals surface area contributed by atoms with Crippen LogP contribution in [0, 0.1) is 20.8 Å². The van der Waals surface area contributed by atoms with E-state index in [9.17, 15) is 0 Å². The lowest BCUT2D eigenvalue weighted by molar-refractivity contribution is 0.195. The lowest BCUT2D eigenvalue weighted by Crippen LogP contribution is -2.54. The van der Waals surface area contributed by atoms with Crippen molar-refractivity contribution >= 4 is 77.2 Å². The lowest BCUT2D eigenvalue weighted by Gasteiger charge is -2.50. The van der Waals surface area contributed by atoms with Crippen molar-refractivity contribution in [1.29, 1.82) is 0 Å². The average molecular weight is 1200 g/mol. The summed E-state index contributed by atoms with van der Waals surface area (Å²) in [5, 5.41) is 10.6. The smallest absolute Gasteiger partial charge is 0.0517 e. The number of nitrogens with zero attached hydrogens (tertiary/aromatic N) is 3. The summed E-state index contributed by atoms with van der Waals surface area (Å²) in [6, 6.07) is 81.3. The standard InChI is InChI=1S/C89H85N3/c1-56-48-79-76(84(4)42-21-24-45-87(84,7)90(79)60-30-13-10-14-31-60)53-69(56)73-51-72(64-37-27-29-59-28-19-20-36-63(59)64)65-38-39-67-74(70-54-77-80(49-57(70)2)91(61-32-15-11-16-33-61)88(8)46-25-22-43-85(77,88)5)52-75(68-41-40-66(73)82(65)83(67)68)71-55-78-81(50-58(71)3)92(62-34-17-12-18-35-62)89(9)47-26-23-44-86(78,89)6/h10-20,27-41,48-55H,21-26,42-47H2,1-9H3. The fraction of sp³-hybridized carbons (Fsp3) is 0.303. The number of hydrogen-bond donors (Lipinski definition) is 0. The Morgan fingerprint density at radius 3 is 0.924 bits per heavy atom. The first-order valence-corrected chi connectivity index (χ1v) is 34.9. The number of hydrogen-bond acceptors (Lipinski definition) is 3. The first-order chi connectivity index (χ1) is 44.6. The van der Waals surface area contributed by atoms with Crippen molar-refractivity contribution in [2.75, 3.05) is 14.7 Å². The molecule has 0 N–H and O–H groups in total. The van der Waals surface area contributed by atoms with E-state index in [-0.39, 0.29) is 32.9 Å². The summed E-state index contributed by atoms with van der Waals surface area (Å²) >= 11 is 0. The minimum absolute atomic E-state index is 0.0408. The van der Waals surface area contributed by atoms with Crippen LogP contribution in [0.4, 0.5) is 34.1 Å². The van der Waals surface area contributed by atoms with E-state index in [1.54, 1.807) is 0 Å². The predicted molar refractivity (Wildman–Crippen MR) is 392 cm³/mol. The van der Waals surface area contributed by atoms with Crippen LogP contribution in [0.3, 0.4) is 0 Å². The van der Waals surface area contributed by atoms with E-state index >= 15 is 0 Å². The van der Waals surface area contributed by atoms with Crippen molar-refractivity contribution in [1.82, 2.24) is 0 Å². The van der Waals surface area contributed by atoms with E-state index in [2.05, 4.69) is 283 Å². The van der Waals surface area contributed by atoms with Crippen LogP contribution in [0.1, 0.15) is 152 Å². The molecule has 0 amide bonds. The van der Waals surface area contributed by atoms with Crippen molar-refractivity contribution in [2.24, 2.45) is 0 Å². The van der Waals surface area contributed by atoms with Crippen molar-refractivity contribution in [3.63, 3.8) is 0 Å². The van der Waals surface area contributed by atoms with E-state index in [0.717, 1.165) is 19.3 Å². The van der Waals surface area contributed by atoms with Crippen molar-refractivity contribution in [3.05, 3.63) is 240 Å². The van der Waals surface area contributed by atoms with Crippen LogP contribution in [0.5, 0.6) is 0 Å². The highest BCUT2D eigenvalue weighted by Gasteiger charge is 2.61. The van der Waals surface area contributed by atoms with E-state index in [1.807, 2.05) is 0 Å². The molecule has 3 heterocycles. The van der Waals surface area contributed by atoms with Gasteiger partial charge in [-0.05, 0) is 286 Å². The molecule has 92 heavy (non-hydrogen) atoms. The molecule has 18 rings (SSSR count). The first-order valence-electron chi connectivity index (χ1n) is 34.9. The van der Waals surface area contributed by atoms with Crippen LogP contribution in [-0.4, -0.2) is 16.6 Å². The molecule has 3 aliphatic heterocycles. The summed E-state index contributed by atoms with van der Waals surface area (Å²) in [5.74, 6) is 0. The summed E-state index contributed by atoms with van der Waals surface area (Å²) in [6.07, 6.45) is 14.5. The van der Waals surface area contributed by atoms with Crippen LogP contribution in [0.2, 0.25) is 0 Å². The topological polar surface area (TPSA) is 9.72 Å². The molecule has 0 spiro atoms. The Bertz CT molecular complexity index is 4890. The Morgan fingerprint density at radius 2 is 0.565 bits per heavy atom. The van der Waals surface area contributed by atoms with Gasteiger partial charge in [0, 0.05) is 50.4 Å². The van der Waals surface area contributed by atoms with Gasteiger partial charge in [-0.25, -0.2) is 0 Å². The van der Waals surface area contributed by atoms with E-state index in [4.69, 9.17) is 0 Å². The average Bonchev–Trinajstić information content (AvgIpc) is 0.736. The number of benzene rings is 12. The van der Waals surface area contributed by atoms with Gasteiger partial charge in [0.05, 0.1) is 16.6 Å². The number of aryl methyl sites for hydroxylation is 3. The minimum atomic E-state index is -0.0658. The summed E-state index contributed by atoms with van der Waals surface area (Å²) in [7, 11) is 0. The Labute approximate surface area is 545 Å². The molecule has 12 aromatic rings. The highest BCUT2D eigenvalue weighted by Crippen LogP contribution is 2.66. The van der Waals surface area contributed by atoms with Gasteiger partial charge in [-0.15, -0.1) is 0 Å². The third-order valence-corrected chi connectivity index (χ3v) is 26.2. The second-order valence-electron chi connectivity index (χ2n) is 30.5. The maximum atomic E-state index is 2.76. The van der Waals surface area contributed by atoms with E-state index < -0.39 is 0 Å². The number of anilines is 6. The van der Waals surface area contributed by atoms with Crippen LogP contribution >= 0.6 is 0 Å². The largest absolute Gasteiger partial charge is 0.334 e. The van der Waals surface area contributed by atoms with Gasteiger partial charge in [-0.1, -0.05) is 181 Å². The fourth-order valence-electron chi connectivity index (χ4n) is 20.8. The van der Waals surface area contributed by atoms with Gasteiger partial charge in [0.1, 0.15) is 0 Å². The monoisotopic (exact) mass is 1200 g/mol. The summed E-state index contributed by atoms with van der Waals surface area (Å²) in [6.45, 7) is 22.8. The molecule has 6 aliphatic rings. The van der Waals surface area contributed by atoms with Crippen LogP contribution in [0.25, 0.3) is 87.6 Å². The Hall–Kier alpha value is -8.66. The summed E-state index contributed by atoms with van der Waals surface area (Å²) in [5.41, 5.74) is 26.8. The van der Waals surface area contributed by atoms with Crippen LogP contribution in [0.15, 0.2) is 206 Å². The lowest BCUT2D eigenvalue weighted by atomic mass is 9.61. The summed E-state index contributed by atoms with van der Waals surface area (Å²) < 4.78 is 0. The minimum Gasteiger partial charge on any atom is -0.334 e. The maximum Gasteiger partial charge on any atom is 0.0517 e. The molecule has 3 saturated carbocycles. The second kappa shape index (κ2) is 19.7. The molecule has 0 aromatic heterocycles. The van der Waals surface area contributed by atoms with Gasteiger partial charge >= 0.3 is 0 Å². The summed E-state index contributed by atoms with van der Waals surface area (Å²) in [4.78, 5) is 8.26. The Kier molecular flexibility index (Phi) is 12.0. The molecule has 3 aliphatic carbocycles. The van der Waals surface area contributed by atoms with Crippen molar-refractivity contribution in [3.8, 4) is 44.5 Å². The quantitative estimate of drug-likeness (QED) is 0.147. The highest BCUT2D eigenvalue weighted by atomic mass is 15.3. The van der Waals surface area contributed by atoms with Crippen LogP contribution < -0.4 is 14.7 Å². The van der Waals surface area contributed by atoms with Gasteiger partial charge in [-0.3, -0.25) is 0 Å². The van der Waals surface area contributed by atoms with Crippen molar-refractivity contribution in [2.45, 2.75) is 172 Å². The zero-order chi connectivity index (χ0) is 62.4. The molecule has 0 saturated heterocycles. The number of para-hydroxylation sites is 3. The highest BCUT2D eigenvalue weighted by molar-refractivity contribution is 6.32. The molecule has 6 unspecified atom stereocenters. The van der Waals surface area contributed by atoms with Gasteiger partial charge in [0.25, 0.3) is 0 Å². The molecule has 0 bridgehead atoms. The maximum absolute atomic E-state index is 2.76. The molecular weight excluding hydrogens is 1110 g/mol. The zero-order valence-corrected chi connectivity index (χ0v) is 55.5. The first kappa shape index (κ1) is 56.1. The molecule has 3 fully saturated rings. The predicted octanol–water partition coefficient (Wildman–Crippen LogP) is 24.6. The molecule has 6 atom stereocenters. The molecule has 3 nitrogen and oxygen atoms in total. The molecular formula is C89H85N3. The molecule has 3 heteroatoms. The second-order valence-corrected chi connectivity index (χ2v) is 30.5. The molecule has 456 valence electrons. The Balaban J connectivity index is 0.956. The normalized spacial score (nSPS) is 25.6. The SMILES string of the molecule is Cc1cc2c(cc1-c1cc(-c3cc4c(cc3C)N(c3ccccc3)C3(C)CCCCC43C)c3ccc4c(-c5cccc6ccccc56)cc(-c5cc6c(cc5C)N(c5ccccc5)C5(C)CCCCC65C)c5ccc1c3c54)C1(C)CCCCC1(C)N2c1ccccc1. The zero-order valence-electron chi connectivity index (χ0n) is 55.5. The van der Waals surface area contributed by atoms with E-state index in [0.29, 0.717) is 0 Å². The fourth-order valence-corrected chi connectivity index (χ4v) is 20.8. The van der Waals surface area contributed by atoms with Gasteiger partial charge in [0.2, 0.25) is 0 Å². The number of rotatable bonds is 7. The van der Waals surface area contributed by atoms with Gasteiger partial charge < -0.3 is 14.7 Å².